The SMILES string of the molecule is CNC(C)CNC(=O)CCOc1ccccc1. The molecule has 1 aromatic rings. The third-order valence-corrected chi connectivity index (χ3v) is 2.44. The number of likely N-dealkylation sites (N-methyl/N-ethyl adjacent to an activating group) is 1. The standard InChI is InChI=1S/C13H20N2O2/c1-11(14-2)10-15-13(16)8-9-17-12-6-4-3-5-7-12/h3-7,11,14H,8-10H2,1-2H3,(H,15,16). The third-order valence-electron chi connectivity index (χ3n) is 2.44. The molecule has 0 bridgehead atoms. The van der Waals surface area contributed by atoms with Crippen LogP contribution in [0.2, 0.25) is 0 Å². The van der Waals surface area contributed by atoms with E-state index in [1.54, 1.807) is 0 Å². The van der Waals surface area contributed by atoms with Crippen LogP contribution in [0.1, 0.15) is 13.3 Å². The summed E-state index contributed by atoms with van der Waals surface area (Å²) >= 11 is 0. The number of carbonyl (C=O) groups is 1. The Morgan fingerprint density at radius 2 is 2.06 bits per heavy atom. The van der Waals surface area contributed by atoms with Gasteiger partial charge in [0.2, 0.25) is 5.91 Å². The van der Waals surface area contributed by atoms with Crippen LogP contribution in [-0.4, -0.2) is 32.1 Å². The third kappa shape index (κ3) is 5.92. The molecule has 1 unspecified atom stereocenters. The lowest BCUT2D eigenvalue weighted by Crippen LogP contribution is -2.37. The minimum atomic E-state index is 0.0167. The van der Waals surface area contributed by atoms with Crippen LogP contribution < -0.4 is 15.4 Å². The minimum absolute atomic E-state index is 0.0167. The van der Waals surface area contributed by atoms with Crippen molar-refractivity contribution in [3.63, 3.8) is 0 Å². The maximum absolute atomic E-state index is 11.4. The van der Waals surface area contributed by atoms with Gasteiger partial charge >= 0.3 is 0 Å². The molecule has 0 spiro atoms. The second-order valence-corrected chi connectivity index (χ2v) is 3.91. The molecule has 1 aromatic carbocycles. The number of benzene rings is 1. The van der Waals surface area contributed by atoms with Crippen molar-refractivity contribution >= 4 is 5.91 Å². The lowest BCUT2D eigenvalue weighted by Gasteiger charge is -2.11. The summed E-state index contributed by atoms with van der Waals surface area (Å²) in [5.41, 5.74) is 0. The lowest BCUT2D eigenvalue weighted by atomic mass is 10.3. The maximum atomic E-state index is 11.4. The first-order valence-corrected chi connectivity index (χ1v) is 5.84. The number of ether oxygens (including phenoxy) is 1. The van der Waals surface area contributed by atoms with Gasteiger partial charge in [-0.1, -0.05) is 18.2 Å². The molecule has 0 aromatic heterocycles. The second-order valence-electron chi connectivity index (χ2n) is 3.91. The van der Waals surface area contributed by atoms with Crippen LogP contribution in [0.5, 0.6) is 5.75 Å². The predicted molar refractivity (Wildman–Crippen MR) is 68.1 cm³/mol. The predicted octanol–water partition coefficient (Wildman–Crippen LogP) is 1.18. The monoisotopic (exact) mass is 236 g/mol. The van der Waals surface area contributed by atoms with Gasteiger partial charge in [0, 0.05) is 12.6 Å². The van der Waals surface area contributed by atoms with E-state index in [9.17, 15) is 4.79 Å². The molecule has 1 atom stereocenters. The fourth-order valence-electron chi connectivity index (χ4n) is 1.24. The van der Waals surface area contributed by atoms with Gasteiger partial charge in [-0.25, -0.2) is 0 Å². The maximum Gasteiger partial charge on any atom is 0.223 e. The summed E-state index contributed by atoms with van der Waals surface area (Å²) in [6.45, 7) is 3.06. The highest BCUT2D eigenvalue weighted by molar-refractivity contribution is 5.76. The van der Waals surface area contributed by atoms with Crippen LogP contribution >= 0.6 is 0 Å². The van der Waals surface area contributed by atoms with E-state index in [1.807, 2.05) is 44.3 Å². The van der Waals surface area contributed by atoms with E-state index < -0.39 is 0 Å². The van der Waals surface area contributed by atoms with Crippen molar-refractivity contribution in [2.45, 2.75) is 19.4 Å². The van der Waals surface area contributed by atoms with Gasteiger partial charge in [-0.3, -0.25) is 4.79 Å². The van der Waals surface area contributed by atoms with E-state index in [2.05, 4.69) is 10.6 Å². The molecule has 17 heavy (non-hydrogen) atoms. The van der Waals surface area contributed by atoms with Gasteiger partial charge in [0.25, 0.3) is 0 Å². The van der Waals surface area contributed by atoms with Crippen molar-refractivity contribution in [3.8, 4) is 5.75 Å². The minimum Gasteiger partial charge on any atom is -0.493 e. The number of hydrogen-bond acceptors (Lipinski definition) is 3. The van der Waals surface area contributed by atoms with Gasteiger partial charge in [-0.2, -0.15) is 0 Å². The molecule has 0 aliphatic heterocycles. The Bertz CT molecular complexity index is 327. The molecule has 0 aliphatic rings. The van der Waals surface area contributed by atoms with Crippen molar-refractivity contribution < 1.29 is 9.53 Å². The number of hydrogen-bond donors (Lipinski definition) is 2. The van der Waals surface area contributed by atoms with Crippen LogP contribution in [0.4, 0.5) is 0 Å². The Kier molecular flexibility index (Phi) is 6.10. The summed E-state index contributed by atoms with van der Waals surface area (Å²) in [6, 6.07) is 9.78. The van der Waals surface area contributed by atoms with E-state index in [0.29, 0.717) is 19.6 Å². The zero-order valence-corrected chi connectivity index (χ0v) is 10.4. The number of carbonyl (C=O) groups excluding carboxylic acids is 1. The highest BCUT2D eigenvalue weighted by Crippen LogP contribution is 2.08. The first-order chi connectivity index (χ1) is 8.22. The van der Waals surface area contributed by atoms with E-state index >= 15 is 0 Å². The van der Waals surface area contributed by atoms with E-state index in [-0.39, 0.29) is 11.9 Å². The largest absolute Gasteiger partial charge is 0.493 e. The van der Waals surface area contributed by atoms with Crippen LogP contribution in [0, 0.1) is 0 Å². The van der Waals surface area contributed by atoms with Gasteiger partial charge in [0.15, 0.2) is 0 Å². The van der Waals surface area contributed by atoms with Crippen molar-refractivity contribution in [1.82, 2.24) is 10.6 Å². The summed E-state index contributed by atoms with van der Waals surface area (Å²) in [7, 11) is 1.87. The first-order valence-electron chi connectivity index (χ1n) is 5.84. The van der Waals surface area contributed by atoms with Gasteiger partial charge in [-0.05, 0) is 26.1 Å². The summed E-state index contributed by atoms with van der Waals surface area (Å²) < 4.78 is 5.43. The number of amides is 1. The van der Waals surface area contributed by atoms with Gasteiger partial charge in [0.05, 0.1) is 13.0 Å². The smallest absolute Gasteiger partial charge is 0.223 e. The van der Waals surface area contributed by atoms with Gasteiger partial charge < -0.3 is 15.4 Å². The van der Waals surface area contributed by atoms with E-state index in [0.717, 1.165) is 5.75 Å². The zero-order valence-electron chi connectivity index (χ0n) is 10.4. The Hall–Kier alpha value is -1.55. The second kappa shape index (κ2) is 7.68. The lowest BCUT2D eigenvalue weighted by molar-refractivity contribution is -0.121. The number of rotatable bonds is 7. The van der Waals surface area contributed by atoms with E-state index in [4.69, 9.17) is 4.74 Å². The Morgan fingerprint density at radius 3 is 2.71 bits per heavy atom. The molecule has 1 amide bonds. The Balaban J connectivity index is 2.12. The van der Waals surface area contributed by atoms with Crippen LogP contribution in [0.25, 0.3) is 0 Å². The molecule has 2 N–H and O–H groups in total. The average Bonchev–Trinajstić information content (AvgIpc) is 2.37. The van der Waals surface area contributed by atoms with Crippen molar-refractivity contribution in [2.24, 2.45) is 0 Å². The van der Waals surface area contributed by atoms with Gasteiger partial charge in [-0.15, -0.1) is 0 Å². The number of nitrogens with one attached hydrogen (secondary N) is 2. The van der Waals surface area contributed by atoms with Crippen LogP contribution in [0.3, 0.4) is 0 Å². The molecule has 1 rings (SSSR count). The molecule has 4 nitrogen and oxygen atoms in total. The normalized spacial score (nSPS) is 11.9. The van der Waals surface area contributed by atoms with Gasteiger partial charge in [0.1, 0.15) is 5.75 Å². The molecule has 0 heterocycles. The van der Waals surface area contributed by atoms with Crippen molar-refractivity contribution in [2.75, 3.05) is 20.2 Å². The molecule has 94 valence electrons. The molecule has 0 fully saturated rings. The molecule has 0 aliphatic carbocycles. The van der Waals surface area contributed by atoms with Crippen molar-refractivity contribution in [3.05, 3.63) is 30.3 Å². The molecule has 0 radical (unpaired) electrons. The van der Waals surface area contributed by atoms with Crippen LogP contribution in [-0.2, 0) is 4.79 Å². The molecule has 4 heteroatoms. The number of para-hydroxylation sites is 1. The summed E-state index contributed by atoms with van der Waals surface area (Å²) in [5.74, 6) is 0.812. The topological polar surface area (TPSA) is 50.4 Å². The Morgan fingerprint density at radius 1 is 1.35 bits per heavy atom. The highest BCUT2D eigenvalue weighted by Gasteiger charge is 2.03. The van der Waals surface area contributed by atoms with Crippen LogP contribution in [0.15, 0.2) is 30.3 Å². The molecule has 0 saturated carbocycles. The highest BCUT2D eigenvalue weighted by atomic mass is 16.5. The average molecular weight is 236 g/mol. The van der Waals surface area contributed by atoms with Crippen molar-refractivity contribution in [1.29, 1.82) is 0 Å². The fourth-order valence-corrected chi connectivity index (χ4v) is 1.24. The summed E-state index contributed by atoms with van der Waals surface area (Å²) in [5, 5.41) is 5.89. The first kappa shape index (κ1) is 13.5. The Labute approximate surface area is 102 Å². The van der Waals surface area contributed by atoms with E-state index in [1.165, 1.54) is 0 Å². The summed E-state index contributed by atoms with van der Waals surface area (Å²) in [6.07, 6.45) is 0.380. The summed E-state index contributed by atoms with van der Waals surface area (Å²) in [4.78, 5) is 11.4. The zero-order chi connectivity index (χ0) is 12.5. The fraction of sp³-hybridized carbons (Fsp3) is 0.462. The molecule has 0 saturated heterocycles. The quantitative estimate of drug-likeness (QED) is 0.747. The molecular formula is C13H20N2O2. The molecular weight excluding hydrogens is 216 g/mol.